The molecule has 0 aromatic carbocycles. The van der Waals surface area contributed by atoms with Gasteiger partial charge in [-0.15, -0.1) is 0 Å². The second kappa shape index (κ2) is 19.7. The Hall–Kier alpha value is -1.06. The van der Waals surface area contributed by atoms with Gasteiger partial charge in [-0.2, -0.15) is 0 Å². The lowest BCUT2D eigenvalue weighted by molar-refractivity contribution is -0.140. The van der Waals surface area contributed by atoms with Crippen molar-refractivity contribution in [2.75, 3.05) is 6.61 Å². The zero-order chi connectivity index (χ0) is 20.2. The molecular weight excluding hydrogens is 340 g/mol. The van der Waals surface area contributed by atoms with Crippen LogP contribution in [0, 0.1) is 5.92 Å². The molecule has 4 heteroatoms. The molecule has 4 nitrogen and oxygen atoms in total. The SMILES string of the molecule is CCCCCCCCCCCCCCCCCC(=O)OC(=O)OCC(C)C. The van der Waals surface area contributed by atoms with Gasteiger partial charge in [0.15, 0.2) is 0 Å². The van der Waals surface area contributed by atoms with Crippen LogP contribution < -0.4 is 0 Å². The third kappa shape index (κ3) is 21.1. The van der Waals surface area contributed by atoms with E-state index in [2.05, 4.69) is 11.7 Å². The van der Waals surface area contributed by atoms with Crippen molar-refractivity contribution in [2.24, 2.45) is 5.92 Å². The Balaban J connectivity index is 3.24. The maximum atomic E-state index is 11.5. The first-order valence-corrected chi connectivity index (χ1v) is 11.4. The molecule has 0 aromatic heterocycles. The average Bonchev–Trinajstić information content (AvgIpc) is 2.63. The van der Waals surface area contributed by atoms with Gasteiger partial charge in [0.1, 0.15) is 0 Å². The van der Waals surface area contributed by atoms with Crippen molar-refractivity contribution in [1.29, 1.82) is 0 Å². The monoisotopic (exact) mass is 384 g/mol. The summed E-state index contributed by atoms with van der Waals surface area (Å²) in [5.41, 5.74) is 0. The molecule has 0 rings (SSSR count). The Bertz CT molecular complexity index is 352. The van der Waals surface area contributed by atoms with E-state index in [1.54, 1.807) is 0 Å². The molecule has 0 amide bonds. The highest BCUT2D eigenvalue weighted by Crippen LogP contribution is 2.13. The fraction of sp³-hybridized carbons (Fsp3) is 0.913. The van der Waals surface area contributed by atoms with Crippen molar-refractivity contribution in [3.8, 4) is 0 Å². The van der Waals surface area contributed by atoms with Crippen LogP contribution in [0.2, 0.25) is 0 Å². The van der Waals surface area contributed by atoms with E-state index in [-0.39, 0.29) is 12.5 Å². The van der Waals surface area contributed by atoms with E-state index in [0.717, 1.165) is 19.3 Å². The predicted octanol–water partition coefficient (Wildman–Crippen LogP) is 7.58. The van der Waals surface area contributed by atoms with Crippen molar-refractivity contribution >= 4 is 12.1 Å². The van der Waals surface area contributed by atoms with Crippen LogP contribution in [0.3, 0.4) is 0 Å². The molecule has 0 saturated heterocycles. The van der Waals surface area contributed by atoms with Gasteiger partial charge in [0.05, 0.1) is 6.61 Å². The highest BCUT2D eigenvalue weighted by molar-refractivity contribution is 5.81. The Morgan fingerprint density at radius 2 is 1.07 bits per heavy atom. The molecule has 27 heavy (non-hydrogen) atoms. The topological polar surface area (TPSA) is 52.6 Å². The van der Waals surface area contributed by atoms with Gasteiger partial charge in [0.2, 0.25) is 0 Å². The molecule has 0 spiro atoms. The van der Waals surface area contributed by atoms with Crippen molar-refractivity contribution < 1.29 is 19.1 Å². The lowest BCUT2D eigenvalue weighted by atomic mass is 10.0. The van der Waals surface area contributed by atoms with Crippen LogP contribution in [0.4, 0.5) is 4.79 Å². The molecule has 0 heterocycles. The van der Waals surface area contributed by atoms with Gasteiger partial charge in [-0.1, -0.05) is 111 Å². The van der Waals surface area contributed by atoms with E-state index in [9.17, 15) is 9.59 Å². The summed E-state index contributed by atoms with van der Waals surface area (Å²) in [6.07, 6.45) is 18.8. The number of hydrogen-bond donors (Lipinski definition) is 0. The van der Waals surface area contributed by atoms with Crippen LogP contribution in [0.25, 0.3) is 0 Å². The molecule has 0 aromatic rings. The normalized spacial score (nSPS) is 11.0. The number of rotatable bonds is 18. The Morgan fingerprint density at radius 3 is 1.48 bits per heavy atom. The first-order chi connectivity index (χ1) is 13.1. The molecule has 0 aliphatic rings. The van der Waals surface area contributed by atoms with E-state index in [1.807, 2.05) is 13.8 Å². The predicted molar refractivity (Wildman–Crippen MR) is 112 cm³/mol. The quantitative estimate of drug-likeness (QED) is 0.139. The van der Waals surface area contributed by atoms with Crippen molar-refractivity contribution in [3.05, 3.63) is 0 Å². The van der Waals surface area contributed by atoms with Crippen molar-refractivity contribution in [3.63, 3.8) is 0 Å². The van der Waals surface area contributed by atoms with Crippen LogP contribution in [0.1, 0.15) is 124 Å². The molecule has 0 bridgehead atoms. The largest absolute Gasteiger partial charge is 0.516 e. The Kier molecular flexibility index (Phi) is 18.9. The van der Waals surface area contributed by atoms with Gasteiger partial charge in [0, 0.05) is 6.42 Å². The maximum absolute atomic E-state index is 11.5. The fourth-order valence-corrected chi connectivity index (χ4v) is 3.05. The second-order valence-corrected chi connectivity index (χ2v) is 8.13. The first kappa shape index (κ1) is 25.9. The summed E-state index contributed by atoms with van der Waals surface area (Å²) in [6, 6.07) is 0. The summed E-state index contributed by atoms with van der Waals surface area (Å²) in [5.74, 6) is -0.235. The molecule has 160 valence electrons. The molecule has 0 saturated carbocycles. The van der Waals surface area contributed by atoms with Crippen LogP contribution in [-0.4, -0.2) is 18.7 Å². The van der Waals surface area contributed by atoms with Crippen molar-refractivity contribution in [1.82, 2.24) is 0 Å². The third-order valence-electron chi connectivity index (χ3n) is 4.72. The molecule has 0 aliphatic carbocycles. The molecular formula is C23H44O4. The van der Waals surface area contributed by atoms with Gasteiger partial charge in [0.25, 0.3) is 0 Å². The van der Waals surface area contributed by atoms with E-state index in [4.69, 9.17) is 4.74 Å². The lowest BCUT2D eigenvalue weighted by Crippen LogP contribution is -2.16. The minimum absolute atomic E-state index is 0.239. The standard InChI is InChI=1S/C23H44O4/c1-4-5-6-7-8-9-10-11-12-13-14-15-16-17-18-19-22(24)27-23(25)26-20-21(2)3/h21H,4-20H2,1-3H3. The smallest absolute Gasteiger partial charge is 0.434 e. The highest BCUT2D eigenvalue weighted by atomic mass is 16.7. The van der Waals surface area contributed by atoms with E-state index in [1.165, 1.54) is 77.0 Å². The van der Waals surface area contributed by atoms with E-state index >= 15 is 0 Å². The van der Waals surface area contributed by atoms with Gasteiger partial charge < -0.3 is 9.47 Å². The molecule has 0 radical (unpaired) electrons. The maximum Gasteiger partial charge on any atom is 0.516 e. The fourth-order valence-electron chi connectivity index (χ4n) is 3.05. The molecule has 0 aliphatic heterocycles. The minimum atomic E-state index is -0.866. The summed E-state index contributed by atoms with van der Waals surface area (Å²) < 4.78 is 9.44. The number of ether oxygens (including phenoxy) is 2. The Labute approximate surface area is 167 Å². The summed E-state index contributed by atoms with van der Waals surface area (Å²) in [5, 5.41) is 0. The van der Waals surface area contributed by atoms with Crippen molar-refractivity contribution in [2.45, 2.75) is 124 Å². The lowest BCUT2D eigenvalue weighted by Gasteiger charge is -2.06. The summed E-state index contributed by atoms with van der Waals surface area (Å²) in [7, 11) is 0. The summed E-state index contributed by atoms with van der Waals surface area (Å²) in [6.45, 7) is 6.42. The second-order valence-electron chi connectivity index (χ2n) is 8.13. The van der Waals surface area contributed by atoms with Crippen LogP contribution >= 0.6 is 0 Å². The van der Waals surface area contributed by atoms with Crippen LogP contribution in [0.5, 0.6) is 0 Å². The molecule has 0 unspecified atom stereocenters. The molecule has 0 N–H and O–H groups in total. The van der Waals surface area contributed by atoms with Crippen LogP contribution in [-0.2, 0) is 14.3 Å². The summed E-state index contributed by atoms with van der Waals surface area (Å²) in [4.78, 5) is 22.8. The number of unbranched alkanes of at least 4 members (excludes halogenated alkanes) is 14. The van der Waals surface area contributed by atoms with Crippen LogP contribution in [0.15, 0.2) is 0 Å². The number of hydrogen-bond acceptors (Lipinski definition) is 4. The van der Waals surface area contributed by atoms with E-state index in [0.29, 0.717) is 6.42 Å². The van der Waals surface area contributed by atoms with Gasteiger partial charge in [-0.3, -0.25) is 4.79 Å². The number of carbonyl (C=O) groups excluding carboxylic acids is 2. The van der Waals surface area contributed by atoms with Gasteiger partial charge >= 0.3 is 12.1 Å². The zero-order valence-corrected chi connectivity index (χ0v) is 18.2. The third-order valence-corrected chi connectivity index (χ3v) is 4.72. The van der Waals surface area contributed by atoms with E-state index < -0.39 is 12.1 Å². The van der Waals surface area contributed by atoms with Gasteiger partial charge in [-0.05, 0) is 12.3 Å². The Morgan fingerprint density at radius 1 is 0.667 bits per heavy atom. The molecule has 0 atom stereocenters. The molecule has 0 fully saturated rings. The highest BCUT2D eigenvalue weighted by Gasteiger charge is 2.11. The number of carbonyl (C=O) groups is 2. The first-order valence-electron chi connectivity index (χ1n) is 11.4. The van der Waals surface area contributed by atoms with Gasteiger partial charge in [-0.25, -0.2) is 4.79 Å². The zero-order valence-electron chi connectivity index (χ0n) is 18.2. The minimum Gasteiger partial charge on any atom is -0.434 e. The summed E-state index contributed by atoms with van der Waals surface area (Å²) >= 11 is 0. The number of esters is 1. The average molecular weight is 385 g/mol.